The molecule has 2 rings (SSSR count). The normalized spacial score (nSPS) is 11.4. The van der Waals surface area contributed by atoms with Crippen LogP contribution in [-0.4, -0.2) is 26.0 Å². The number of anilines is 1. The van der Waals surface area contributed by atoms with E-state index in [1.807, 2.05) is 44.2 Å². The van der Waals surface area contributed by atoms with E-state index >= 15 is 0 Å². The van der Waals surface area contributed by atoms with E-state index in [0.717, 1.165) is 5.69 Å². The fraction of sp³-hybridized carbons (Fsp3) is 0.409. The highest BCUT2D eigenvalue weighted by Crippen LogP contribution is 2.35. The van der Waals surface area contributed by atoms with Crippen LogP contribution in [0.3, 0.4) is 0 Å². The van der Waals surface area contributed by atoms with Crippen molar-refractivity contribution in [2.24, 2.45) is 0 Å². The number of carbonyl (C=O) groups excluding carboxylic acids is 1. The summed E-state index contributed by atoms with van der Waals surface area (Å²) in [7, 11) is 3.16. The van der Waals surface area contributed by atoms with Crippen molar-refractivity contribution in [1.82, 2.24) is 0 Å². The van der Waals surface area contributed by atoms with Gasteiger partial charge in [0, 0.05) is 28.9 Å². The molecule has 4 heteroatoms. The van der Waals surface area contributed by atoms with Gasteiger partial charge in [0.15, 0.2) is 17.3 Å². The molecule has 0 saturated heterocycles. The predicted molar refractivity (Wildman–Crippen MR) is 107 cm³/mol. The zero-order valence-corrected chi connectivity index (χ0v) is 16.8. The Labute approximate surface area is 156 Å². The van der Waals surface area contributed by atoms with E-state index in [4.69, 9.17) is 9.47 Å². The van der Waals surface area contributed by atoms with Gasteiger partial charge in [-0.1, -0.05) is 45.0 Å². The summed E-state index contributed by atoms with van der Waals surface area (Å²) in [5, 5.41) is 3.33. The van der Waals surface area contributed by atoms with Crippen LogP contribution in [0.15, 0.2) is 36.4 Å². The molecule has 0 spiro atoms. The summed E-state index contributed by atoms with van der Waals surface area (Å²) in [6.07, 6.45) is 0. The highest BCUT2D eigenvalue weighted by atomic mass is 16.5. The first-order valence-electron chi connectivity index (χ1n) is 8.85. The minimum Gasteiger partial charge on any atom is -0.493 e. The highest BCUT2D eigenvalue weighted by molar-refractivity contribution is 6.12. The van der Waals surface area contributed by atoms with Crippen LogP contribution in [0.4, 0.5) is 5.69 Å². The molecular formula is C22H29NO3. The van der Waals surface area contributed by atoms with E-state index < -0.39 is 0 Å². The Balaban J connectivity index is 2.49. The minimum atomic E-state index is -0.0467. The summed E-state index contributed by atoms with van der Waals surface area (Å²) < 4.78 is 10.8. The molecule has 140 valence electrons. The first kappa shape index (κ1) is 19.8. The van der Waals surface area contributed by atoms with E-state index in [0.29, 0.717) is 22.6 Å². The summed E-state index contributed by atoms with van der Waals surface area (Å²) >= 11 is 0. The molecule has 0 bridgehead atoms. The Kier molecular flexibility index (Phi) is 5.96. The van der Waals surface area contributed by atoms with Gasteiger partial charge in [-0.05, 0) is 30.9 Å². The smallest absolute Gasteiger partial charge is 0.195 e. The number of hydrogen-bond acceptors (Lipinski definition) is 4. The molecule has 0 atom stereocenters. The second kappa shape index (κ2) is 7.81. The van der Waals surface area contributed by atoms with Gasteiger partial charge < -0.3 is 14.8 Å². The molecule has 0 aromatic heterocycles. The molecule has 2 aromatic rings. The van der Waals surface area contributed by atoms with Crippen LogP contribution < -0.4 is 14.8 Å². The lowest BCUT2D eigenvalue weighted by atomic mass is 9.86. The van der Waals surface area contributed by atoms with Crippen LogP contribution >= 0.6 is 0 Å². The lowest BCUT2D eigenvalue weighted by molar-refractivity contribution is 0.103. The van der Waals surface area contributed by atoms with Crippen LogP contribution in [0, 0.1) is 0 Å². The van der Waals surface area contributed by atoms with Gasteiger partial charge in [-0.3, -0.25) is 4.79 Å². The summed E-state index contributed by atoms with van der Waals surface area (Å²) in [4.78, 5) is 13.1. The Hall–Kier alpha value is -2.49. The fourth-order valence-corrected chi connectivity index (χ4v) is 2.77. The molecule has 26 heavy (non-hydrogen) atoms. The van der Waals surface area contributed by atoms with Gasteiger partial charge in [-0.2, -0.15) is 0 Å². The monoisotopic (exact) mass is 355 g/mol. The van der Waals surface area contributed by atoms with Crippen LogP contribution in [0.25, 0.3) is 0 Å². The van der Waals surface area contributed by atoms with Gasteiger partial charge in [0.05, 0.1) is 14.2 Å². The van der Waals surface area contributed by atoms with Crippen molar-refractivity contribution >= 4 is 11.5 Å². The number of nitrogens with one attached hydrogen (secondary N) is 1. The second-order valence-corrected chi connectivity index (χ2v) is 7.71. The SMILES string of the molecule is COc1cc(NC(C)C)c(C(=O)c2ccc(C(C)(C)C)cc2)cc1OC. The number of benzene rings is 2. The van der Waals surface area contributed by atoms with Crippen molar-refractivity contribution < 1.29 is 14.3 Å². The molecule has 0 amide bonds. The van der Waals surface area contributed by atoms with Crippen LogP contribution in [0.1, 0.15) is 56.1 Å². The fourth-order valence-electron chi connectivity index (χ4n) is 2.77. The topological polar surface area (TPSA) is 47.6 Å². The summed E-state index contributed by atoms with van der Waals surface area (Å²) in [5.41, 5.74) is 3.20. The van der Waals surface area contributed by atoms with Crippen molar-refractivity contribution in [2.45, 2.75) is 46.1 Å². The van der Waals surface area contributed by atoms with E-state index in [2.05, 4.69) is 26.1 Å². The van der Waals surface area contributed by atoms with Crippen molar-refractivity contribution in [3.63, 3.8) is 0 Å². The quantitative estimate of drug-likeness (QED) is 0.736. The maximum atomic E-state index is 13.1. The standard InChI is InChI=1S/C22H29NO3/c1-14(2)23-18-13-20(26-7)19(25-6)12-17(18)21(24)15-8-10-16(11-9-15)22(3,4)5/h8-14,23H,1-7H3. The van der Waals surface area contributed by atoms with Crippen LogP contribution in [-0.2, 0) is 5.41 Å². The van der Waals surface area contributed by atoms with Crippen molar-refractivity contribution in [1.29, 1.82) is 0 Å². The van der Waals surface area contributed by atoms with Gasteiger partial charge in [0.2, 0.25) is 0 Å². The number of carbonyl (C=O) groups is 1. The van der Waals surface area contributed by atoms with Crippen molar-refractivity contribution in [3.05, 3.63) is 53.1 Å². The number of rotatable bonds is 6. The summed E-state index contributed by atoms with van der Waals surface area (Å²) in [5.74, 6) is 1.08. The van der Waals surface area contributed by atoms with E-state index in [1.165, 1.54) is 5.56 Å². The molecule has 0 aliphatic rings. The van der Waals surface area contributed by atoms with E-state index in [1.54, 1.807) is 20.3 Å². The molecule has 0 heterocycles. The predicted octanol–water partition coefficient (Wildman–Crippen LogP) is 5.05. The lowest BCUT2D eigenvalue weighted by Gasteiger charge is -2.20. The Bertz CT molecular complexity index is 771. The molecule has 0 radical (unpaired) electrons. The average molecular weight is 355 g/mol. The molecule has 4 nitrogen and oxygen atoms in total. The van der Waals surface area contributed by atoms with Gasteiger partial charge >= 0.3 is 0 Å². The lowest BCUT2D eigenvalue weighted by Crippen LogP contribution is -2.15. The number of ketones is 1. The molecule has 0 unspecified atom stereocenters. The molecule has 0 saturated carbocycles. The third-order valence-corrected chi connectivity index (χ3v) is 4.23. The maximum absolute atomic E-state index is 13.1. The van der Waals surface area contributed by atoms with E-state index in [9.17, 15) is 4.79 Å². The molecular weight excluding hydrogens is 326 g/mol. The largest absolute Gasteiger partial charge is 0.493 e. The molecule has 0 aliphatic heterocycles. The number of ether oxygens (including phenoxy) is 2. The van der Waals surface area contributed by atoms with Gasteiger partial charge in [-0.25, -0.2) is 0 Å². The van der Waals surface area contributed by atoms with Gasteiger partial charge in [0.25, 0.3) is 0 Å². The Morgan fingerprint density at radius 2 is 1.50 bits per heavy atom. The number of hydrogen-bond donors (Lipinski definition) is 1. The van der Waals surface area contributed by atoms with E-state index in [-0.39, 0.29) is 17.2 Å². The first-order valence-corrected chi connectivity index (χ1v) is 8.85. The van der Waals surface area contributed by atoms with Crippen LogP contribution in [0.2, 0.25) is 0 Å². The zero-order valence-electron chi connectivity index (χ0n) is 16.8. The third kappa shape index (κ3) is 4.37. The summed E-state index contributed by atoms with van der Waals surface area (Å²) in [6.45, 7) is 10.5. The third-order valence-electron chi connectivity index (χ3n) is 4.23. The molecule has 0 fully saturated rings. The minimum absolute atomic E-state index is 0.0467. The number of methoxy groups -OCH3 is 2. The zero-order chi connectivity index (χ0) is 19.5. The average Bonchev–Trinajstić information content (AvgIpc) is 2.59. The molecule has 0 aliphatic carbocycles. The highest BCUT2D eigenvalue weighted by Gasteiger charge is 2.20. The van der Waals surface area contributed by atoms with Gasteiger partial charge in [-0.15, -0.1) is 0 Å². The maximum Gasteiger partial charge on any atom is 0.195 e. The Morgan fingerprint density at radius 3 is 1.96 bits per heavy atom. The molecule has 2 aromatic carbocycles. The van der Waals surface area contributed by atoms with Gasteiger partial charge in [0.1, 0.15) is 0 Å². The first-order chi connectivity index (χ1) is 12.2. The van der Waals surface area contributed by atoms with Crippen molar-refractivity contribution in [2.75, 3.05) is 19.5 Å². The Morgan fingerprint density at radius 1 is 0.962 bits per heavy atom. The van der Waals surface area contributed by atoms with Crippen molar-refractivity contribution in [3.8, 4) is 11.5 Å². The summed E-state index contributed by atoms with van der Waals surface area (Å²) in [6, 6.07) is 11.5. The molecule has 1 N–H and O–H groups in total. The van der Waals surface area contributed by atoms with Crippen LogP contribution in [0.5, 0.6) is 11.5 Å². The second-order valence-electron chi connectivity index (χ2n) is 7.71.